The Balaban J connectivity index is 1.54. The van der Waals surface area contributed by atoms with Crippen LogP contribution in [0.1, 0.15) is 30.9 Å². The van der Waals surface area contributed by atoms with Gasteiger partial charge in [0, 0.05) is 29.7 Å². The first-order valence-electron chi connectivity index (χ1n) is 9.49. The predicted octanol–water partition coefficient (Wildman–Crippen LogP) is 4.08. The van der Waals surface area contributed by atoms with Crippen LogP contribution in [0.2, 0.25) is 5.02 Å². The van der Waals surface area contributed by atoms with Gasteiger partial charge in [-0.25, -0.2) is 12.7 Å². The molecule has 150 valence electrons. The van der Waals surface area contributed by atoms with Gasteiger partial charge in [-0.05, 0) is 54.7 Å². The second-order valence-electron chi connectivity index (χ2n) is 7.10. The molecule has 3 rings (SSSR count). The Kier molecular flexibility index (Phi) is 6.75. The molecule has 2 aromatic rings. The van der Waals surface area contributed by atoms with Gasteiger partial charge in [0.25, 0.3) is 0 Å². The first kappa shape index (κ1) is 20.8. The maximum absolute atomic E-state index is 12.7. The van der Waals surface area contributed by atoms with Crippen LogP contribution in [0.4, 0.5) is 5.69 Å². The first-order valence-corrected chi connectivity index (χ1v) is 11.5. The maximum atomic E-state index is 12.7. The van der Waals surface area contributed by atoms with Crippen molar-refractivity contribution in [2.75, 3.05) is 18.4 Å². The molecular weight excluding hydrogens is 396 g/mol. The number of carbonyl (C=O) groups is 1. The lowest BCUT2D eigenvalue weighted by Gasteiger charge is -2.30. The molecule has 1 heterocycles. The molecule has 0 atom stereocenters. The molecule has 1 amide bonds. The summed E-state index contributed by atoms with van der Waals surface area (Å²) >= 11 is 5.85. The highest BCUT2D eigenvalue weighted by molar-refractivity contribution is 7.88. The summed E-state index contributed by atoms with van der Waals surface area (Å²) < 4.78 is 26.8. The molecule has 1 saturated heterocycles. The molecule has 0 bridgehead atoms. The van der Waals surface area contributed by atoms with Gasteiger partial charge in [-0.3, -0.25) is 4.79 Å². The molecule has 7 heteroatoms. The van der Waals surface area contributed by atoms with Gasteiger partial charge in [0.05, 0.1) is 5.75 Å². The molecule has 0 saturated carbocycles. The number of rotatable bonds is 6. The topological polar surface area (TPSA) is 66.5 Å². The van der Waals surface area contributed by atoms with E-state index >= 15 is 0 Å². The summed E-state index contributed by atoms with van der Waals surface area (Å²) in [4.78, 5) is 12.5. The summed E-state index contributed by atoms with van der Waals surface area (Å²) in [6.07, 6.45) is 2.01. The maximum Gasteiger partial charge on any atom is 0.227 e. The highest BCUT2D eigenvalue weighted by Gasteiger charge is 2.31. The molecule has 1 N–H and O–H groups in total. The SMILES string of the molecule is CCc1ccc(NC(=O)C2CCN(S(=O)(=O)Cc3ccc(Cl)cc3)CC2)cc1. The summed E-state index contributed by atoms with van der Waals surface area (Å²) in [5.74, 6) is -0.267. The van der Waals surface area contributed by atoms with E-state index in [1.807, 2.05) is 24.3 Å². The van der Waals surface area contributed by atoms with Crippen molar-refractivity contribution in [3.63, 3.8) is 0 Å². The van der Waals surface area contributed by atoms with E-state index in [-0.39, 0.29) is 17.6 Å². The predicted molar refractivity (Wildman–Crippen MR) is 113 cm³/mol. The van der Waals surface area contributed by atoms with E-state index in [2.05, 4.69) is 12.2 Å². The van der Waals surface area contributed by atoms with E-state index in [0.717, 1.165) is 12.1 Å². The summed E-state index contributed by atoms with van der Waals surface area (Å²) in [6.45, 7) is 2.81. The zero-order chi connectivity index (χ0) is 20.1. The zero-order valence-corrected chi connectivity index (χ0v) is 17.5. The van der Waals surface area contributed by atoms with Crippen molar-refractivity contribution in [3.8, 4) is 0 Å². The van der Waals surface area contributed by atoms with Crippen LogP contribution in [-0.4, -0.2) is 31.7 Å². The van der Waals surface area contributed by atoms with E-state index in [9.17, 15) is 13.2 Å². The Morgan fingerprint density at radius 1 is 1.04 bits per heavy atom. The number of hydrogen-bond acceptors (Lipinski definition) is 3. The second-order valence-corrected chi connectivity index (χ2v) is 9.50. The highest BCUT2D eigenvalue weighted by atomic mass is 35.5. The number of amides is 1. The normalized spacial score (nSPS) is 16.1. The Labute approximate surface area is 171 Å². The van der Waals surface area contributed by atoms with E-state index < -0.39 is 10.0 Å². The van der Waals surface area contributed by atoms with Crippen molar-refractivity contribution in [2.45, 2.75) is 31.9 Å². The van der Waals surface area contributed by atoms with Crippen LogP contribution >= 0.6 is 11.6 Å². The number of benzene rings is 2. The van der Waals surface area contributed by atoms with Crippen LogP contribution in [0.15, 0.2) is 48.5 Å². The van der Waals surface area contributed by atoms with Gasteiger partial charge >= 0.3 is 0 Å². The lowest BCUT2D eigenvalue weighted by Crippen LogP contribution is -2.41. The average molecular weight is 421 g/mol. The highest BCUT2D eigenvalue weighted by Crippen LogP contribution is 2.23. The van der Waals surface area contributed by atoms with Crippen molar-refractivity contribution >= 4 is 33.2 Å². The molecule has 1 aliphatic heterocycles. The van der Waals surface area contributed by atoms with Gasteiger partial charge < -0.3 is 5.32 Å². The fourth-order valence-corrected chi connectivity index (χ4v) is 5.04. The number of sulfonamides is 1. The van der Waals surface area contributed by atoms with E-state index in [1.165, 1.54) is 9.87 Å². The van der Waals surface area contributed by atoms with Gasteiger partial charge in [0.2, 0.25) is 15.9 Å². The van der Waals surface area contributed by atoms with Crippen LogP contribution in [0.3, 0.4) is 0 Å². The minimum absolute atomic E-state index is 0.0426. The number of nitrogens with one attached hydrogen (secondary N) is 1. The van der Waals surface area contributed by atoms with Gasteiger partial charge in [-0.2, -0.15) is 0 Å². The van der Waals surface area contributed by atoms with Crippen LogP contribution in [-0.2, 0) is 27.0 Å². The molecule has 1 fully saturated rings. The van der Waals surface area contributed by atoms with E-state index in [1.54, 1.807) is 24.3 Å². The number of halogens is 1. The van der Waals surface area contributed by atoms with Crippen LogP contribution in [0.5, 0.6) is 0 Å². The Morgan fingerprint density at radius 3 is 2.18 bits per heavy atom. The Morgan fingerprint density at radius 2 is 1.61 bits per heavy atom. The van der Waals surface area contributed by atoms with E-state index in [0.29, 0.717) is 36.5 Å². The van der Waals surface area contributed by atoms with Gasteiger partial charge in [-0.1, -0.05) is 42.8 Å². The van der Waals surface area contributed by atoms with Gasteiger partial charge in [0.1, 0.15) is 0 Å². The number of nitrogens with zero attached hydrogens (tertiary/aromatic N) is 1. The molecule has 0 radical (unpaired) electrons. The van der Waals surface area contributed by atoms with Crippen molar-refractivity contribution in [1.82, 2.24) is 4.31 Å². The second kappa shape index (κ2) is 9.07. The van der Waals surface area contributed by atoms with Crippen LogP contribution in [0, 0.1) is 5.92 Å². The lowest BCUT2D eigenvalue weighted by atomic mass is 9.97. The molecular formula is C21H25ClN2O3S. The van der Waals surface area contributed by atoms with Crippen LogP contribution in [0.25, 0.3) is 0 Å². The van der Waals surface area contributed by atoms with Crippen molar-refractivity contribution in [2.24, 2.45) is 5.92 Å². The van der Waals surface area contributed by atoms with Gasteiger partial charge in [-0.15, -0.1) is 0 Å². The minimum atomic E-state index is -3.41. The summed E-state index contributed by atoms with van der Waals surface area (Å²) in [5, 5.41) is 3.52. The molecule has 0 aliphatic carbocycles. The third-order valence-electron chi connectivity index (χ3n) is 5.11. The quantitative estimate of drug-likeness (QED) is 0.765. The molecule has 1 aliphatic rings. The summed E-state index contributed by atoms with van der Waals surface area (Å²) in [5.41, 5.74) is 2.71. The smallest absolute Gasteiger partial charge is 0.227 e. The number of piperidine rings is 1. The lowest BCUT2D eigenvalue weighted by molar-refractivity contribution is -0.120. The molecule has 2 aromatic carbocycles. The van der Waals surface area contributed by atoms with Crippen molar-refractivity contribution in [1.29, 1.82) is 0 Å². The molecule has 28 heavy (non-hydrogen) atoms. The zero-order valence-electron chi connectivity index (χ0n) is 15.9. The molecule has 5 nitrogen and oxygen atoms in total. The Hall–Kier alpha value is -1.89. The standard InChI is InChI=1S/C21H25ClN2O3S/c1-2-16-5-9-20(10-6-16)23-21(25)18-11-13-24(14-12-18)28(26,27)15-17-3-7-19(22)8-4-17/h3-10,18H,2,11-15H2,1H3,(H,23,25). The first-order chi connectivity index (χ1) is 13.4. The largest absolute Gasteiger partial charge is 0.326 e. The monoisotopic (exact) mass is 420 g/mol. The van der Waals surface area contributed by atoms with E-state index in [4.69, 9.17) is 11.6 Å². The number of hydrogen-bond donors (Lipinski definition) is 1. The average Bonchev–Trinajstić information content (AvgIpc) is 2.70. The summed E-state index contributed by atoms with van der Waals surface area (Å²) in [7, 11) is -3.41. The summed E-state index contributed by atoms with van der Waals surface area (Å²) in [6, 6.07) is 14.6. The fourth-order valence-electron chi connectivity index (χ4n) is 3.35. The molecule has 0 aromatic heterocycles. The molecule has 0 unspecified atom stereocenters. The number of anilines is 1. The molecule has 0 spiro atoms. The third kappa shape index (κ3) is 5.34. The van der Waals surface area contributed by atoms with Crippen molar-refractivity contribution in [3.05, 3.63) is 64.7 Å². The van der Waals surface area contributed by atoms with Crippen LogP contribution < -0.4 is 5.32 Å². The fraction of sp³-hybridized carbons (Fsp3) is 0.381. The number of carbonyl (C=O) groups excluding carboxylic acids is 1. The minimum Gasteiger partial charge on any atom is -0.326 e. The Bertz CT molecular complexity index is 904. The number of aryl methyl sites for hydroxylation is 1. The van der Waals surface area contributed by atoms with Crippen molar-refractivity contribution < 1.29 is 13.2 Å². The van der Waals surface area contributed by atoms with Gasteiger partial charge in [0.15, 0.2) is 0 Å². The third-order valence-corrected chi connectivity index (χ3v) is 7.21.